The van der Waals surface area contributed by atoms with Crippen molar-refractivity contribution in [3.8, 4) is 23.0 Å². The quantitative estimate of drug-likeness (QED) is 0.614. The number of rotatable bonds is 7. The predicted molar refractivity (Wildman–Crippen MR) is 112 cm³/mol. The molecule has 1 aromatic heterocycles. The maximum Gasteiger partial charge on any atom is 0.247 e. The Morgan fingerprint density at radius 2 is 1.87 bits per heavy atom. The highest BCUT2D eigenvalue weighted by atomic mass is 35.5. The van der Waals surface area contributed by atoms with Crippen LogP contribution in [0.1, 0.15) is 12.8 Å². The van der Waals surface area contributed by atoms with Crippen molar-refractivity contribution in [1.29, 1.82) is 0 Å². The van der Waals surface area contributed by atoms with E-state index < -0.39 is 0 Å². The van der Waals surface area contributed by atoms with E-state index in [0.717, 1.165) is 5.56 Å². The highest BCUT2D eigenvalue weighted by Crippen LogP contribution is 2.32. The molecule has 2 heterocycles. The minimum absolute atomic E-state index is 0.147. The maximum absolute atomic E-state index is 12.5. The minimum Gasteiger partial charge on any atom is -0.486 e. The number of carbonyl (C=O) groups is 1. The van der Waals surface area contributed by atoms with Crippen LogP contribution in [0.15, 0.2) is 46.9 Å². The molecular formula is C21H21ClN4O4. The average Bonchev–Trinajstić information content (AvgIpc) is 3.22. The topological polar surface area (TPSA) is 89.7 Å². The van der Waals surface area contributed by atoms with Crippen molar-refractivity contribution < 1.29 is 18.7 Å². The van der Waals surface area contributed by atoms with Crippen LogP contribution in [-0.4, -0.2) is 47.3 Å². The minimum atomic E-state index is -0.147. The van der Waals surface area contributed by atoms with Gasteiger partial charge in [0.05, 0.1) is 13.1 Å². The average molecular weight is 429 g/mol. The number of nitrogens with one attached hydrogen (secondary N) is 1. The van der Waals surface area contributed by atoms with E-state index >= 15 is 0 Å². The van der Waals surface area contributed by atoms with E-state index in [4.69, 9.17) is 25.5 Å². The van der Waals surface area contributed by atoms with Gasteiger partial charge >= 0.3 is 0 Å². The van der Waals surface area contributed by atoms with Crippen LogP contribution in [0.3, 0.4) is 0 Å². The number of nitrogens with zero attached hydrogens (tertiary/aromatic N) is 3. The zero-order valence-electron chi connectivity index (χ0n) is 16.4. The normalized spacial score (nSPS) is 12.8. The molecule has 0 atom stereocenters. The largest absolute Gasteiger partial charge is 0.486 e. The summed E-state index contributed by atoms with van der Waals surface area (Å²) in [5, 5.41) is 11.7. The zero-order valence-corrected chi connectivity index (χ0v) is 17.2. The molecule has 30 heavy (non-hydrogen) atoms. The Bertz CT molecular complexity index is 1020. The molecule has 8 nitrogen and oxygen atoms in total. The van der Waals surface area contributed by atoms with Gasteiger partial charge in [-0.05, 0) is 42.9 Å². The summed E-state index contributed by atoms with van der Waals surface area (Å²) in [6, 6.07) is 12.5. The molecule has 0 unspecified atom stereocenters. The fourth-order valence-electron chi connectivity index (χ4n) is 3.02. The van der Waals surface area contributed by atoms with Crippen molar-refractivity contribution in [1.82, 2.24) is 15.1 Å². The molecule has 9 heteroatoms. The second-order valence-corrected chi connectivity index (χ2v) is 7.15. The summed E-state index contributed by atoms with van der Waals surface area (Å²) in [5.74, 6) is 2.02. The third-order valence-corrected chi connectivity index (χ3v) is 4.81. The molecule has 0 saturated heterocycles. The summed E-state index contributed by atoms with van der Waals surface area (Å²) in [6.07, 6.45) is 0. The van der Waals surface area contributed by atoms with Crippen LogP contribution >= 0.6 is 11.6 Å². The lowest BCUT2D eigenvalue weighted by molar-refractivity contribution is -0.117. The summed E-state index contributed by atoms with van der Waals surface area (Å²) >= 11 is 5.91. The van der Waals surface area contributed by atoms with Crippen LogP contribution in [0.5, 0.6) is 11.5 Å². The highest BCUT2D eigenvalue weighted by Gasteiger charge is 2.16. The van der Waals surface area contributed by atoms with E-state index in [2.05, 4.69) is 15.5 Å². The SMILES string of the molecule is CCN(CC(=O)Nc1ccc2c(c1)OCCO2)Cc1nnc(-c2ccc(Cl)cc2)o1. The van der Waals surface area contributed by atoms with Crippen LogP contribution in [0.25, 0.3) is 11.5 Å². The molecule has 0 aliphatic carbocycles. The van der Waals surface area contributed by atoms with E-state index in [1.807, 2.05) is 24.0 Å². The van der Waals surface area contributed by atoms with Crippen LogP contribution in [-0.2, 0) is 11.3 Å². The first kappa shape index (κ1) is 20.2. The fraction of sp³-hybridized carbons (Fsp3) is 0.286. The fourth-order valence-corrected chi connectivity index (χ4v) is 3.15. The molecule has 4 rings (SSSR count). The Balaban J connectivity index is 1.35. The van der Waals surface area contributed by atoms with Crippen molar-refractivity contribution in [3.05, 3.63) is 53.4 Å². The van der Waals surface area contributed by atoms with E-state index in [9.17, 15) is 4.79 Å². The van der Waals surface area contributed by atoms with Gasteiger partial charge in [-0.1, -0.05) is 18.5 Å². The summed E-state index contributed by atoms with van der Waals surface area (Å²) in [7, 11) is 0. The molecule has 0 spiro atoms. The lowest BCUT2D eigenvalue weighted by atomic mass is 10.2. The number of benzene rings is 2. The Kier molecular flexibility index (Phi) is 6.15. The molecule has 0 bridgehead atoms. The van der Waals surface area contributed by atoms with Gasteiger partial charge in [0.25, 0.3) is 0 Å². The Labute approximate surface area is 178 Å². The standard InChI is InChI=1S/C21H21ClN4O4/c1-2-26(13-20-24-25-21(30-20)14-3-5-15(22)6-4-14)12-19(27)23-16-7-8-17-18(11-16)29-10-9-28-17/h3-8,11H,2,9-10,12-13H2,1H3,(H,23,27). The lowest BCUT2D eigenvalue weighted by Gasteiger charge is -2.20. The molecule has 3 aromatic rings. The molecule has 1 aliphatic heterocycles. The number of aromatic nitrogens is 2. The molecular weight excluding hydrogens is 408 g/mol. The van der Waals surface area contributed by atoms with Crippen molar-refractivity contribution in [2.45, 2.75) is 13.5 Å². The van der Waals surface area contributed by atoms with E-state index in [1.165, 1.54) is 0 Å². The van der Waals surface area contributed by atoms with Crippen LogP contribution < -0.4 is 14.8 Å². The summed E-state index contributed by atoms with van der Waals surface area (Å²) in [5.41, 5.74) is 1.45. The van der Waals surface area contributed by atoms with E-state index in [1.54, 1.807) is 30.3 Å². The molecule has 0 saturated carbocycles. The molecule has 1 N–H and O–H groups in total. The number of ether oxygens (including phenoxy) is 2. The van der Waals surface area contributed by atoms with Gasteiger partial charge in [-0.15, -0.1) is 10.2 Å². The highest BCUT2D eigenvalue weighted by molar-refractivity contribution is 6.30. The van der Waals surface area contributed by atoms with Gasteiger partial charge in [-0.25, -0.2) is 0 Å². The Morgan fingerprint density at radius 1 is 1.10 bits per heavy atom. The smallest absolute Gasteiger partial charge is 0.247 e. The van der Waals surface area contributed by atoms with Crippen LogP contribution in [0.2, 0.25) is 5.02 Å². The summed E-state index contributed by atoms with van der Waals surface area (Å²) in [6.45, 7) is 4.19. The molecule has 1 amide bonds. The number of amides is 1. The number of halogens is 1. The predicted octanol–water partition coefficient (Wildman–Crippen LogP) is 3.62. The number of carbonyl (C=O) groups excluding carboxylic acids is 1. The van der Waals surface area contributed by atoms with Crippen molar-refractivity contribution in [2.24, 2.45) is 0 Å². The summed E-state index contributed by atoms with van der Waals surface area (Å²) in [4.78, 5) is 14.4. The number of fused-ring (bicyclic) bond motifs is 1. The first-order valence-electron chi connectivity index (χ1n) is 9.61. The Morgan fingerprint density at radius 3 is 2.63 bits per heavy atom. The van der Waals surface area contributed by atoms with E-state index in [-0.39, 0.29) is 12.5 Å². The number of hydrogen-bond acceptors (Lipinski definition) is 7. The first-order valence-corrected chi connectivity index (χ1v) is 9.98. The second-order valence-electron chi connectivity index (χ2n) is 6.72. The van der Waals surface area contributed by atoms with Gasteiger partial charge < -0.3 is 19.2 Å². The second kappa shape index (κ2) is 9.15. The number of hydrogen-bond donors (Lipinski definition) is 1. The number of likely N-dealkylation sites (N-methyl/N-ethyl adjacent to an activating group) is 1. The van der Waals surface area contributed by atoms with E-state index in [0.29, 0.717) is 60.3 Å². The van der Waals surface area contributed by atoms with Crippen LogP contribution in [0.4, 0.5) is 5.69 Å². The number of anilines is 1. The maximum atomic E-state index is 12.5. The molecule has 156 valence electrons. The third-order valence-electron chi connectivity index (χ3n) is 4.56. The molecule has 0 fully saturated rings. The molecule has 0 radical (unpaired) electrons. The van der Waals surface area contributed by atoms with Gasteiger partial charge in [0, 0.05) is 22.3 Å². The summed E-state index contributed by atoms with van der Waals surface area (Å²) < 4.78 is 16.8. The van der Waals surface area contributed by atoms with Gasteiger partial charge in [0.1, 0.15) is 13.2 Å². The van der Waals surface area contributed by atoms with Gasteiger partial charge in [-0.3, -0.25) is 9.69 Å². The van der Waals surface area contributed by atoms with Gasteiger partial charge in [0.15, 0.2) is 11.5 Å². The van der Waals surface area contributed by atoms with Crippen molar-refractivity contribution in [2.75, 3.05) is 31.6 Å². The third kappa shape index (κ3) is 4.90. The van der Waals surface area contributed by atoms with Gasteiger partial charge in [-0.2, -0.15) is 0 Å². The first-order chi connectivity index (χ1) is 14.6. The van der Waals surface area contributed by atoms with Crippen molar-refractivity contribution in [3.63, 3.8) is 0 Å². The zero-order chi connectivity index (χ0) is 20.9. The monoisotopic (exact) mass is 428 g/mol. The molecule has 2 aromatic carbocycles. The molecule has 1 aliphatic rings. The van der Waals surface area contributed by atoms with Crippen molar-refractivity contribution >= 4 is 23.2 Å². The van der Waals surface area contributed by atoms with Gasteiger partial charge in [0.2, 0.25) is 17.7 Å². The lowest BCUT2D eigenvalue weighted by Crippen LogP contribution is -2.32. The van der Waals surface area contributed by atoms with Crippen LogP contribution in [0, 0.1) is 0 Å². The Hall–Kier alpha value is -3.10.